The van der Waals surface area contributed by atoms with Crippen LogP contribution in [0.15, 0.2) is 29.4 Å². The SMILES string of the molecule is CSc1nc2nc(C(C)C)c(-c3cccc(Cl)c3)c(N)n2n1. The first-order valence-corrected chi connectivity index (χ1v) is 8.47. The Kier molecular flexibility index (Phi) is 3.97. The summed E-state index contributed by atoms with van der Waals surface area (Å²) >= 11 is 7.59. The number of halogens is 1. The van der Waals surface area contributed by atoms with Crippen LogP contribution in [0.2, 0.25) is 5.02 Å². The Morgan fingerprint density at radius 3 is 2.68 bits per heavy atom. The minimum Gasteiger partial charge on any atom is -0.383 e. The molecular weight excluding hydrogens is 318 g/mol. The Bertz CT molecular complexity index is 843. The monoisotopic (exact) mass is 333 g/mol. The molecule has 0 saturated heterocycles. The summed E-state index contributed by atoms with van der Waals surface area (Å²) in [5, 5.41) is 5.70. The normalized spacial score (nSPS) is 11.5. The molecule has 2 aromatic heterocycles. The van der Waals surface area contributed by atoms with Crippen LogP contribution >= 0.6 is 23.4 Å². The molecule has 0 aliphatic heterocycles. The molecule has 0 radical (unpaired) electrons. The van der Waals surface area contributed by atoms with Gasteiger partial charge >= 0.3 is 0 Å². The number of rotatable bonds is 3. The van der Waals surface area contributed by atoms with Crippen LogP contribution in [-0.2, 0) is 0 Å². The van der Waals surface area contributed by atoms with E-state index in [1.54, 1.807) is 4.52 Å². The maximum Gasteiger partial charge on any atom is 0.255 e. The average Bonchev–Trinajstić information content (AvgIpc) is 2.90. The molecular formula is C15H16ClN5S. The van der Waals surface area contributed by atoms with Crippen LogP contribution in [-0.4, -0.2) is 25.8 Å². The van der Waals surface area contributed by atoms with Gasteiger partial charge < -0.3 is 5.73 Å². The van der Waals surface area contributed by atoms with E-state index in [1.165, 1.54) is 11.8 Å². The highest BCUT2D eigenvalue weighted by atomic mass is 35.5. The van der Waals surface area contributed by atoms with E-state index in [1.807, 2.05) is 30.5 Å². The fourth-order valence-electron chi connectivity index (χ4n) is 2.36. The van der Waals surface area contributed by atoms with Gasteiger partial charge in [-0.15, -0.1) is 5.10 Å². The van der Waals surface area contributed by atoms with E-state index < -0.39 is 0 Å². The van der Waals surface area contributed by atoms with Crippen LogP contribution < -0.4 is 5.73 Å². The molecule has 22 heavy (non-hydrogen) atoms. The van der Waals surface area contributed by atoms with Gasteiger partial charge in [0.15, 0.2) is 0 Å². The van der Waals surface area contributed by atoms with Gasteiger partial charge in [-0.1, -0.05) is 49.3 Å². The second kappa shape index (κ2) is 5.78. The lowest BCUT2D eigenvalue weighted by atomic mass is 9.98. The third-order valence-electron chi connectivity index (χ3n) is 3.37. The van der Waals surface area contributed by atoms with Crippen molar-refractivity contribution < 1.29 is 0 Å². The van der Waals surface area contributed by atoms with Gasteiger partial charge in [0.25, 0.3) is 5.78 Å². The van der Waals surface area contributed by atoms with Crippen LogP contribution in [0.3, 0.4) is 0 Å². The number of hydrogen-bond acceptors (Lipinski definition) is 5. The first-order chi connectivity index (χ1) is 10.5. The maximum atomic E-state index is 6.38. The summed E-state index contributed by atoms with van der Waals surface area (Å²) in [5.41, 5.74) is 9.07. The van der Waals surface area contributed by atoms with E-state index in [0.29, 0.717) is 21.8 Å². The number of anilines is 1. The fraction of sp³-hybridized carbons (Fsp3) is 0.267. The van der Waals surface area contributed by atoms with Crippen molar-refractivity contribution in [3.05, 3.63) is 35.0 Å². The molecule has 5 nitrogen and oxygen atoms in total. The maximum absolute atomic E-state index is 6.38. The van der Waals surface area contributed by atoms with Crippen LogP contribution in [0.25, 0.3) is 16.9 Å². The molecule has 0 saturated carbocycles. The van der Waals surface area contributed by atoms with Crippen molar-refractivity contribution in [3.63, 3.8) is 0 Å². The van der Waals surface area contributed by atoms with Crippen molar-refractivity contribution in [1.82, 2.24) is 19.6 Å². The van der Waals surface area contributed by atoms with Crippen molar-refractivity contribution >= 4 is 35.0 Å². The molecule has 0 spiro atoms. The number of aromatic nitrogens is 4. The number of nitrogens with two attached hydrogens (primary N) is 1. The summed E-state index contributed by atoms with van der Waals surface area (Å²) in [6.45, 7) is 4.16. The summed E-state index contributed by atoms with van der Waals surface area (Å²) in [5.74, 6) is 1.26. The Morgan fingerprint density at radius 2 is 2.05 bits per heavy atom. The molecule has 3 aromatic rings. The van der Waals surface area contributed by atoms with Gasteiger partial charge in [0.2, 0.25) is 5.16 Å². The fourth-order valence-corrected chi connectivity index (χ4v) is 2.89. The van der Waals surface area contributed by atoms with Gasteiger partial charge in [-0.25, -0.2) is 4.98 Å². The minimum absolute atomic E-state index is 0.204. The average molecular weight is 334 g/mol. The van der Waals surface area contributed by atoms with Gasteiger partial charge in [0, 0.05) is 10.6 Å². The summed E-state index contributed by atoms with van der Waals surface area (Å²) in [6.07, 6.45) is 1.92. The van der Waals surface area contributed by atoms with Crippen molar-refractivity contribution in [2.45, 2.75) is 24.9 Å². The van der Waals surface area contributed by atoms with Gasteiger partial charge in [-0.2, -0.15) is 9.50 Å². The third-order valence-corrected chi connectivity index (χ3v) is 4.15. The van der Waals surface area contributed by atoms with Crippen molar-refractivity contribution in [2.75, 3.05) is 12.0 Å². The van der Waals surface area contributed by atoms with Crippen LogP contribution in [0, 0.1) is 0 Å². The van der Waals surface area contributed by atoms with E-state index in [0.717, 1.165) is 16.8 Å². The minimum atomic E-state index is 0.204. The van der Waals surface area contributed by atoms with E-state index >= 15 is 0 Å². The van der Waals surface area contributed by atoms with Crippen LogP contribution in [0.5, 0.6) is 0 Å². The zero-order valence-electron chi connectivity index (χ0n) is 12.5. The summed E-state index contributed by atoms with van der Waals surface area (Å²) in [7, 11) is 0. The van der Waals surface area contributed by atoms with Gasteiger partial charge in [0.05, 0.1) is 5.69 Å². The standard InChI is InChI=1S/C15H16ClN5S/c1-8(2)12-11(9-5-4-6-10(16)7-9)13(17)21-14(18-12)19-15(20-21)22-3/h4-8H,17H2,1-3H3. The molecule has 0 aliphatic carbocycles. The van der Waals surface area contributed by atoms with Crippen molar-refractivity contribution in [1.29, 1.82) is 0 Å². The van der Waals surface area contributed by atoms with Crippen molar-refractivity contribution in [2.24, 2.45) is 0 Å². The van der Waals surface area contributed by atoms with Crippen LogP contribution in [0.1, 0.15) is 25.5 Å². The Morgan fingerprint density at radius 1 is 1.27 bits per heavy atom. The third kappa shape index (κ3) is 2.53. The lowest BCUT2D eigenvalue weighted by Gasteiger charge is -2.15. The number of thioether (sulfide) groups is 1. The Balaban J connectivity index is 2.35. The highest BCUT2D eigenvalue weighted by Gasteiger charge is 2.19. The predicted molar refractivity (Wildman–Crippen MR) is 91.5 cm³/mol. The number of nitrogens with zero attached hydrogens (tertiary/aromatic N) is 4. The predicted octanol–water partition coefficient (Wildman–Crippen LogP) is 3.87. The Hall–Kier alpha value is -1.79. The highest BCUT2D eigenvalue weighted by Crippen LogP contribution is 2.34. The molecule has 7 heteroatoms. The second-order valence-corrected chi connectivity index (χ2v) is 6.44. The molecule has 0 bridgehead atoms. The number of benzene rings is 1. The first kappa shape index (κ1) is 15.1. The summed E-state index contributed by atoms with van der Waals surface area (Å²) < 4.78 is 1.59. The quantitative estimate of drug-likeness (QED) is 0.737. The topological polar surface area (TPSA) is 69.1 Å². The zero-order chi connectivity index (χ0) is 15.9. The van der Waals surface area contributed by atoms with E-state index in [2.05, 4.69) is 28.9 Å². The lowest BCUT2D eigenvalue weighted by molar-refractivity contribution is 0.811. The molecule has 0 aliphatic rings. The largest absolute Gasteiger partial charge is 0.383 e. The smallest absolute Gasteiger partial charge is 0.255 e. The molecule has 0 atom stereocenters. The van der Waals surface area contributed by atoms with Gasteiger partial charge in [0.1, 0.15) is 5.82 Å². The molecule has 114 valence electrons. The number of fused-ring (bicyclic) bond motifs is 1. The molecule has 0 unspecified atom stereocenters. The van der Waals surface area contributed by atoms with E-state index in [9.17, 15) is 0 Å². The van der Waals surface area contributed by atoms with Crippen LogP contribution in [0.4, 0.5) is 5.82 Å². The summed E-state index contributed by atoms with van der Waals surface area (Å²) in [6, 6.07) is 7.60. The molecule has 1 aromatic carbocycles. The Labute approximate surface area is 137 Å². The van der Waals surface area contributed by atoms with E-state index in [4.69, 9.17) is 17.3 Å². The number of nitrogen functional groups attached to an aromatic ring is 1. The molecule has 0 fully saturated rings. The van der Waals surface area contributed by atoms with Crippen molar-refractivity contribution in [3.8, 4) is 11.1 Å². The molecule has 3 rings (SSSR count). The van der Waals surface area contributed by atoms with E-state index in [-0.39, 0.29) is 5.92 Å². The lowest BCUT2D eigenvalue weighted by Crippen LogP contribution is -2.08. The summed E-state index contributed by atoms with van der Waals surface area (Å²) in [4.78, 5) is 9.05. The highest BCUT2D eigenvalue weighted by molar-refractivity contribution is 7.98. The molecule has 0 amide bonds. The van der Waals surface area contributed by atoms with Gasteiger partial charge in [-0.3, -0.25) is 0 Å². The number of hydrogen-bond donors (Lipinski definition) is 1. The molecule has 2 heterocycles. The molecule has 2 N–H and O–H groups in total. The second-order valence-electron chi connectivity index (χ2n) is 5.23. The zero-order valence-corrected chi connectivity index (χ0v) is 14.1. The first-order valence-electron chi connectivity index (χ1n) is 6.87. The van der Waals surface area contributed by atoms with Gasteiger partial charge in [-0.05, 0) is 29.9 Å².